The number of likely N-dealkylation sites (N-methyl/N-ethyl adjacent to an activating group) is 1. The normalized spacial score (nSPS) is 18.5. The van der Waals surface area contributed by atoms with Crippen molar-refractivity contribution < 1.29 is 19.3 Å². The number of carbonyl (C=O) groups is 1. The monoisotopic (exact) mass is 422 g/mol. The maximum atomic E-state index is 13.5. The van der Waals surface area contributed by atoms with E-state index in [0.717, 1.165) is 53.5 Å². The van der Waals surface area contributed by atoms with Crippen molar-refractivity contribution >= 4 is 18.5 Å². The molecule has 0 unspecified atom stereocenters. The van der Waals surface area contributed by atoms with Gasteiger partial charge in [0.25, 0.3) is 5.91 Å². The molecule has 6 nitrogen and oxygen atoms in total. The number of carbonyl (C=O) groups excluding carboxylic acids is 1. The summed E-state index contributed by atoms with van der Waals surface area (Å²) in [6, 6.07) is 12.0. The van der Waals surface area contributed by atoms with Crippen LogP contribution in [0.25, 0.3) is 0 Å². The fraction of sp³-hybridized carbons (Fsp3) is 0.458. The number of nitrogens with two attached hydrogens (primary N) is 1. The first-order valence-corrected chi connectivity index (χ1v) is 11.2. The van der Waals surface area contributed by atoms with Crippen molar-refractivity contribution in [3.8, 4) is 0 Å². The minimum atomic E-state index is -1.57. The second-order valence-electron chi connectivity index (χ2n) is 9.66. The van der Waals surface area contributed by atoms with Gasteiger partial charge < -0.3 is 25.2 Å². The van der Waals surface area contributed by atoms with Gasteiger partial charge in [-0.1, -0.05) is 30.3 Å². The van der Waals surface area contributed by atoms with Crippen molar-refractivity contribution in [2.75, 3.05) is 33.7 Å². The average molecular weight is 422 g/mol. The molecule has 7 heteroatoms. The number of fused-ring (bicyclic) bond motifs is 1. The zero-order valence-corrected chi connectivity index (χ0v) is 18.6. The second kappa shape index (κ2) is 8.75. The molecule has 1 fully saturated rings. The quantitative estimate of drug-likeness (QED) is 0.507. The summed E-state index contributed by atoms with van der Waals surface area (Å²) in [7, 11) is 2.78. The Bertz CT molecular complexity index is 969. The highest BCUT2D eigenvalue weighted by molar-refractivity contribution is 6.58. The number of quaternary nitrogens is 1. The number of hydrogen-bond acceptors (Lipinski definition) is 4. The van der Waals surface area contributed by atoms with Gasteiger partial charge in [-0.25, -0.2) is 0 Å². The molecule has 2 aromatic rings. The minimum Gasteiger partial charge on any atom is -0.423 e. The molecular weight excluding hydrogens is 389 g/mol. The van der Waals surface area contributed by atoms with Gasteiger partial charge in [0, 0.05) is 37.2 Å². The molecule has 0 radical (unpaired) electrons. The molecule has 2 aromatic carbocycles. The van der Waals surface area contributed by atoms with Gasteiger partial charge in [0.2, 0.25) is 0 Å². The Morgan fingerprint density at radius 3 is 2.61 bits per heavy atom. The van der Waals surface area contributed by atoms with Gasteiger partial charge >= 0.3 is 7.12 Å². The molecule has 4 rings (SSSR count). The van der Waals surface area contributed by atoms with Crippen LogP contribution in [-0.4, -0.2) is 66.2 Å². The Balaban J connectivity index is 1.55. The molecule has 1 amide bonds. The Hall–Kier alpha value is -2.19. The highest BCUT2D eigenvalue weighted by atomic mass is 16.4. The van der Waals surface area contributed by atoms with E-state index in [1.165, 1.54) is 5.56 Å². The summed E-state index contributed by atoms with van der Waals surface area (Å²) in [6.07, 6.45) is 2.68. The summed E-state index contributed by atoms with van der Waals surface area (Å²) in [4.78, 5) is 15.5. The maximum absolute atomic E-state index is 13.5. The van der Waals surface area contributed by atoms with Crippen LogP contribution in [0.5, 0.6) is 0 Å². The van der Waals surface area contributed by atoms with Crippen LogP contribution >= 0.6 is 0 Å². The van der Waals surface area contributed by atoms with E-state index in [2.05, 4.69) is 32.3 Å². The summed E-state index contributed by atoms with van der Waals surface area (Å²) >= 11 is 0. The van der Waals surface area contributed by atoms with Crippen molar-refractivity contribution in [3.05, 3.63) is 64.2 Å². The first-order valence-electron chi connectivity index (χ1n) is 11.2. The lowest BCUT2D eigenvalue weighted by molar-refractivity contribution is -0.905. The lowest BCUT2D eigenvalue weighted by Crippen LogP contribution is -2.46. The number of rotatable bonds is 4. The molecule has 2 aliphatic heterocycles. The van der Waals surface area contributed by atoms with Gasteiger partial charge in [0.15, 0.2) is 0 Å². The van der Waals surface area contributed by atoms with Crippen LogP contribution in [-0.2, 0) is 19.5 Å². The summed E-state index contributed by atoms with van der Waals surface area (Å²) in [5.74, 6) is 0.445. The van der Waals surface area contributed by atoms with E-state index in [-0.39, 0.29) is 5.91 Å². The fourth-order valence-corrected chi connectivity index (χ4v) is 5.00. The number of nitrogens with zero attached hydrogens (tertiary/aromatic N) is 2. The Morgan fingerprint density at radius 1 is 1.19 bits per heavy atom. The van der Waals surface area contributed by atoms with Crippen LogP contribution in [0.3, 0.4) is 0 Å². The molecule has 4 N–H and O–H groups in total. The molecule has 0 aliphatic carbocycles. The van der Waals surface area contributed by atoms with E-state index in [1.54, 1.807) is 6.07 Å². The molecule has 0 spiro atoms. The summed E-state index contributed by atoms with van der Waals surface area (Å²) in [5, 5.41) is 19.5. The van der Waals surface area contributed by atoms with Crippen LogP contribution < -0.4 is 11.2 Å². The van der Waals surface area contributed by atoms with Crippen molar-refractivity contribution in [1.29, 1.82) is 0 Å². The summed E-state index contributed by atoms with van der Waals surface area (Å²) < 4.78 is 0.827. The van der Waals surface area contributed by atoms with Crippen LogP contribution in [0.4, 0.5) is 0 Å². The van der Waals surface area contributed by atoms with Crippen molar-refractivity contribution in [3.63, 3.8) is 0 Å². The molecule has 2 aliphatic rings. The standard InChI is InChI=1S/C24H33BN3O3/c1-28(2)11-8-20-13-21(25(30)31)14-22(23(20)16-28)24(29)27-9-6-18(7-10-27)19-5-3-4-17(12-19)15-26/h3-5,12-14,18,30-31H,6-11,15-16,26H2,1-2H3/q+1. The third kappa shape index (κ3) is 4.70. The maximum Gasteiger partial charge on any atom is 0.488 e. The van der Waals surface area contributed by atoms with Crippen LogP contribution in [0.15, 0.2) is 36.4 Å². The number of amides is 1. The first kappa shape index (κ1) is 22.0. The predicted molar refractivity (Wildman–Crippen MR) is 123 cm³/mol. The van der Waals surface area contributed by atoms with Crippen molar-refractivity contribution in [2.24, 2.45) is 5.73 Å². The molecular formula is C24H33BN3O3+. The topological polar surface area (TPSA) is 86.8 Å². The molecule has 164 valence electrons. The minimum absolute atomic E-state index is 0.00908. The third-order valence-corrected chi connectivity index (χ3v) is 6.91. The lowest BCUT2D eigenvalue weighted by Gasteiger charge is -2.37. The number of likely N-dealkylation sites (tertiary alicyclic amines) is 1. The van der Waals surface area contributed by atoms with Gasteiger partial charge in [-0.15, -0.1) is 0 Å². The average Bonchev–Trinajstić information content (AvgIpc) is 2.77. The highest BCUT2D eigenvalue weighted by Crippen LogP contribution is 2.31. The van der Waals surface area contributed by atoms with E-state index in [4.69, 9.17) is 5.73 Å². The first-order chi connectivity index (χ1) is 14.8. The van der Waals surface area contributed by atoms with Gasteiger partial charge in [0.05, 0.1) is 20.6 Å². The SMILES string of the molecule is C[N+]1(C)CCc2cc(B(O)O)cc(C(=O)N3CCC(c4cccc(CN)c4)CC3)c2C1. The van der Waals surface area contributed by atoms with E-state index < -0.39 is 7.12 Å². The molecule has 0 aromatic heterocycles. The summed E-state index contributed by atoms with van der Waals surface area (Å²) in [6.45, 7) is 3.70. The third-order valence-electron chi connectivity index (χ3n) is 6.91. The Kier molecular flexibility index (Phi) is 6.22. The van der Waals surface area contributed by atoms with Crippen molar-refractivity contribution in [2.45, 2.75) is 38.3 Å². The molecule has 0 atom stereocenters. The predicted octanol–water partition coefficient (Wildman–Crippen LogP) is 0.977. The fourth-order valence-electron chi connectivity index (χ4n) is 5.00. The molecule has 0 bridgehead atoms. The zero-order valence-electron chi connectivity index (χ0n) is 18.6. The lowest BCUT2D eigenvalue weighted by atomic mass is 9.76. The van der Waals surface area contributed by atoms with Crippen molar-refractivity contribution in [1.82, 2.24) is 4.90 Å². The second-order valence-corrected chi connectivity index (χ2v) is 9.66. The molecule has 1 saturated heterocycles. The van der Waals surface area contributed by atoms with Crippen LogP contribution in [0, 0.1) is 0 Å². The van der Waals surface area contributed by atoms with Crippen LogP contribution in [0.2, 0.25) is 0 Å². The van der Waals surface area contributed by atoms with Gasteiger partial charge in [-0.2, -0.15) is 0 Å². The van der Waals surface area contributed by atoms with E-state index in [0.29, 0.717) is 36.6 Å². The van der Waals surface area contributed by atoms with Gasteiger partial charge in [-0.05, 0) is 47.0 Å². The van der Waals surface area contributed by atoms with Gasteiger partial charge in [-0.3, -0.25) is 4.79 Å². The smallest absolute Gasteiger partial charge is 0.423 e. The molecule has 2 heterocycles. The number of benzene rings is 2. The van der Waals surface area contributed by atoms with E-state index in [9.17, 15) is 14.8 Å². The molecule has 0 saturated carbocycles. The highest BCUT2D eigenvalue weighted by Gasteiger charge is 2.33. The Labute approximate surface area is 185 Å². The number of hydrogen-bond donors (Lipinski definition) is 3. The van der Waals surface area contributed by atoms with Gasteiger partial charge in [0.1, 0.15) is 6.54 Å². The largest absolute Gasteiger partial charge is 0.488 e. The van der Waals surface area contributed by atoms with E-state index >= 15 is 0 Å². The zero-order chi connectivity index (χ0) is 22.2. The summed E-state index contributed by atoms with van der Waals surface area (Å²) in [5.41, 5.74) is 11.4. The molecule has 31 heavy (non-hydrogen) atoms. The van der Waals surface area contributed by atoms with E-state index in [1.807, 2.05) is 17.0 Å². The van der Waals surface area contributed by atoms with Crippen LogP contribution in [0.1, 0.15) is 51.4 Å². The number of piperidine rings is 1. The Morgan fingerprint density at radius 2 is 1.94 bits per heavy atom.